The van der Waals surface area contributed by atoms with Crippen LogP contribution in [-0.4, -0.2) is 29.4 Å². The Morgan fingerprint density at radius 2 is 2.29 bits per heavy atom. The molecule has 21 heavy (non-hydrogen) atoms. The average Bonchev–Trinajstić information content (AvgIpc) is 2.92. The van der Waals surface area contributed by atoms with Gasteiger partial charge >= 0.3 is 0 Å². The van der Waals surface area contributed by atoms with Crippen molar-refractivity contribution < 1.29 is 4.79 Å². The number of rotatable bonds is 3. The SMILES string of the molecule is CC(C)(C#N)[C@H]1CC[C@@H](C2C=C(Cl)C=CC2)N1C(=O)CN. The normalized spacial score (nSPS) is 29.2. The van der Waals surface area contributed by atoms with Crippen LogP contribution in [0.15, 0.2) is 23.3 Å². The number of carbonyl (C=O) groups excluding carboxylic acids is 1. The Kier molecular flexibility index (Phi) is 4.75. The van der Waals surface area contributed by atoms with Crippen molar-refractivity contribution >= 4 is 17.5 Å². The van der Waals surface area contributed by atoms with E-state index in [0.29, 0.717) is 0 Å². The lowest BCUT2D eigenvalue weighted by Gasteiger charge is -2.38. The van der Waals surface area contributed by atoms with E-state index in [-0.39, 0.29) is 30.5 Å². The largest absolute Gasteiger partial charge is 0.333 e. The van der Waals surface area contributed by atoms with Crippen LogP contribution in [-0.2, 0) is 4.79 Å². The van der Waals surface area contributed by atoms with E-state index >= 15 is 0 Å². The summed E-state index contributed by atoms with van der Waals surface area (Å²) in [4.78, 5) is 14.2. The molecular weight excluding hydrogens is 286 g/mol. The average molecular weight is 308 g/mol. The molecular formula is C16H22ClN3O. The van der Waals surface area contributed by atoms with E-state index in [2.05, 4.69) is 6.07 Å². The molecule has 2 N–H and O–H groups in total. The third kappa shape index (κ3) is 3.14. The lowest BCUT2D eigenvalue weighted by Crippen LogP contribution is -2.51. The van der Waals surface area contributed by atoms with Crippen LogP contribution in [0.25, 0.3) is 0 Å². The number of nitrogens with two attached hydrogens (primary N) is 1. The van der Waals surface area contributed by atoms with Crippen molar-refractivity contribution in [3.05, 3.63) is 23.3 Å². The predicted octanol–water partition coefficient (Wildman–Crippen LogP) is 2.55. The van der Waals surface area contributed by atoms with Gasteiger partial charge in [0.05, 0.1) is 24.1 Å². The highest BCUT2D eigenvalue weighted by Crippen LogP contribution is 2.40. The molecule has 4 nitrogen and oxygen atoms in total. The molecule has 1 heterocycles. The topological polar surface area (TPSA) is 70.1 Å². The minimum Gasteiger partial charge on any atom is -0.333 e. The van der Waals surface area contributed by atoms with Crippen LogP contribution in [0.3, 0.4) is 0 Å². The van der Waals surface area contributed by atoms with Gasteiger partial charge in [-0.05, 0) is 39.2 Å². The highest BCUT2D eigenvalue weighted by molar-refractivity contribution is 6.31. The number of nitriles is 1. The minimum absolute atomic E-state index is 0.0193. The molecule has 0 saturated carbocycles. The van der Waals surface area contributed by atoms with Crippen LogP contribution in [0, 0.1) is 22.7 Å². The van der Waals surface area contributed by atoms with Crippen LogP contribution >= 0.6 is 11.6 Å². The quantitative estimate of drug-likeness (QED) is 0.871. The van der Waals surface area contributed by atoms with Crippen molar-refractivity contribution in [1.82, 2.24) is 4.90 Å². The van der Waals surface area contributed by atoms with E-state index in [1.165, 1.54) is 0 Å². The first-order valence-electron chi connectivity index (χ1n) is 7.37. The van der Waals surface area contributed by atoms with Gasteiger partial charge in [-0.3, -0.25) is 4.79 Å². The van der Waals surface area contributed by atoms with Gasteiger partial charge < -0.3 is 10.6 Å². The summed E-state index contributed by atoms with van der Waals surface area (Å²) in [5, 5.41) is 10.1. The van der Waals surface area contributed by atoms with Gasteiger partial charge in [0.2, 0.25) is 5.91 Å². The van der Waals surface area contributed by atoms with Crippen LogP contribution < -0.4 is 5.73 Å². The fraction of sp³-hybridized carbons (Fsp3) is 0.625. The summed E-state index contributed by atoms with van der Waals surface area (Å²) in [7, 11) is 0. The molecule has 0 aromatic rings. The molecule has 1 unspecified atom stereocenters. The maximum atomic E-state index is 12.3. The Hall–Kier alpha value is -1.31. The van der Waals surface area contributed by atoms with E-state index in [0.717, 1.165) is 24.3 Å². The monoisotopic (exact) mass is 307 g/mol. The molecule has 5 heteroatoms. The molecule has 3 atom stereocenters. The molecule has 0 bridgehead atoms. The van der Waals surface area contributed by atoms with Crippen molar-refractivity contribution in [2.75, 3.05) is 6.54 Å². The number of likely N-dealkylation sites (tertiary alicyclic amines) is 1. The summed E-state index contributed by atoms with van der Waals surface area (Å²) in [5.41, 5.74) is 5.02. The second kappa shape index (κ2) is 6.21. The van der Waals surface area contributed by atoms with Gasteiger partial charge in [0.1, 0.15) is 0 Å². The molecule has 1 saturated heterocycles. The zero-order chi connectivity index (χ0) is 15.6. The van der Waals surface area contributed by atoms with Gasteiger partial charge in [-0.1, -0.05) is 23.8 Å². The minimum atomic E-state index is -0.572. The summed E-state index contributed by atoms with van der Waals surface area (Å²) < 4.78 is 0. The molecule has 114 valence electrons. The van der Waals surface area contributed by atoms with Gasteiger partial charge in [-0.2, -0.15) is 5.26 Å². The van der Waals surface area contributed by atoms with Crippen LogP contribution in [0.4, 0.5) is 0 Å². The zero-order valence-corrected chi connectivity index (χ0v) is 13.3. The smallest absolute Gasteiger partial charge is 0.236 e. The molecule has 0 radical (unpaired) electrons. The third-order valence-electron chi connectivity index (χ3n) is 4.57. The highest BCUT2D eigenvalue weighted by Gasteiger charge is 2.46. The molecule has 2 aliphatic rings. The number of allylic oxidation sites excluding steroid dienone is 3. The summed E-state index contributed by atoms with van der Waals surface area (Å²) in [6, 6.07) is 2.33. The summed E-state index contributed by atoms with van der Waals surface area (Å²) in [6.45, 7) is 3.76. The molecule has 1 aliphatic carbocycles. The molecule has 1 aliphatic heterocycles. The zero-order valence-electron chi connectivity index (χ0n) is 12.6. The second-order valence-corrected chi connectivity index (χ2v) is 6.79. The Labute approximate surface area is 131 Å². The molecule has 1 fully saturated rings. The third-order valence-corrected chi connectivity index (χ3v) is 4.82. The number of halogens is 1. The van der Waals surface area contributed by atoms with Crippen molar-refractivity contribution in [3.63, 3.8) is 0 Å². The predicted molar refractivity (Wildman–Crippen MR) is 83.3 cm³/mol. The van der Waals surface area contributed by atoms with E-state index in [9.17, 15) is 10.1 Å². The summed E-state index contributed by atoms with van der Waals surface area (Å²) in [5.74, 6) is 0.127. The lowest BCUT2D eigenvalue weighted by molar-refractivity contribution is -0.134. The summed E-state index contributed by atoms with van der Waals surface area (Å²) >= 11 is 6.10. The van der Waals surface area contributed by atoms with Crippen molar-refractivity contribution in [2.45, 2.75) is 45.2 Å². The maximum Gasteiger partial charge on any atom is 0.236 e. The Bertz CT molecular complexity index is 518. The molecule has 0 aromatic carbocycles. The number of hydrogen-bond acceptors (Lipinski definition) is 3. The van der Waals surface area contributed by atoms with Crippen LogP contribution in [0.1, 0.15) is 33.1 Å². The van der Waals surface area contributed by atoms with Gasteiger partial charge in [0, 0.05) is 17.0 Å². The fourth-order valence-electron chi connectivity index (χ4n) is 3.44. The molecule has 0 aromatic heterocycles. The molecule has 0 spiro atoms. The maximum absolute atomic E-state index is 12.3. The second-order valence-electron chi connectivity index (χ2n) is 6.35. The van der Waals surface area contributed by atoms with Crippen molar-refractivity contribution in [2.24, 2.45) is 17.1 Å². The standard InChI is InChI=1S/C16H22ClN3O/c1-16(2,10-19)14-7-6-13(20(14)15(21)9-18)11-4-3-5-12(17)8-11/h3,5,8,11,13-14H,4,6-7,9,18H2,1-2H3/t11?,13-,14+/m0/s1. The van der Waals surface area contributed by atoms with Gasteiger partial charge in [0.15, 0.2) is 0 Å². The number of carbonyl (C=O) groups is 1. The van der Waals surface area contributed by atoms with Crippen LogP contribution in [0.5, 0.6) is 0 Å². The Morgan fingerprint density at radius 3 is 2.86 bits per heavy atom. The molecule has 2 rings (SSSR count). The van der Waals surface area contributed by atoms with Gasteiger partial charge in [-0.15, -0.1) is 0 Å². The first-order valence-corrected chi connectivity index (χ1v) is 7.75. The number of hydrogen-bond donors (Lipinski definition) is 1. The van der Waals surface area contributed by atoms with Crippen LogP contribution in [0.2, 0.25) is 0 Å². The molecule has 1 amide bonds. The van der Waals surface area contributed by atoms with Crippen molar-refractivity contribution in [1.29, 1.82) is 5.26 Å². The highest BCUT2D eigenvalue weighted by atomic mass is 35.5. The van der Waals surface area contributed by atoms with E-state index in [1.54, 1.807) is 0 Å². The van der Waals surface area contributed by atoms with E-state index < -0.39 is 5.41 Å². The Balaban J connectivity index is 2.29. The van der Waals surface area contributed by atoms with Gasteiger partial charge in [0.25, 0.3) is 0 Å². The lowest BCUT2D eigenvalue weighted by atomic mass is 9.84. The summed E-state index contributed by atoms with van der Waals surface area (Å²) in [6.07, 6.45) is 8.54. The van der Waals surface area contributed by atoms with Crippen molar-refractivity contribution in [3.8, 4) is 6.07 Å². The number of nitrogens with zero attached hydrogens (tertiary/aromatic N) is 2. The number of amides is 1. The van der Waals surface area contributed by atoms with E-state index in [4.69, 9.17) is 17.3 Å². The Morgan fingerprint density at radius 1 is 1.57 bits per heavy atom. The first-order chi connectivity index (χ1) is 9.90. The fourth-order valence-corrected chi connectivity index (χ4v) is 3.69. The van der Waals surface area contributed by atoms with Gasteiger partial charge in [-0.25, -0.2) is 0 Å². The first kappa shape index (κ1) is 16.1. The van der Waals surface area contributed by atoms with E-state index in [1.807, 2.05) is 37.0 Å².